The summed E-state index contributed by atoms with van der Waals surface area (Å²) in [6.45, 7) is 2.90. The summed E-state index contributed by atoms with van der Waals surface area (Å²) in [5.74, 6) is 0.460. The molecule has 0 spiro atoms. The summed E-state index contributed by atoms with van der Waals surface area (Å²) >= 11 is 0. The molecule has 0 aliphatic carbocycles. The molecule has 1 aromatic carbocycles. The molecule has 0 aliphatic heterocycles. The molecule has 0 fully saturated rings. The third kappa shape index (κ3) is 5.78. The number of halogens is 2. The van der Waals surface area contributed by atoms with Crippen LogP contribution < -0.4 is 16.0 Å². The summed E-state index contributed by atoms with van der Waals surface area (Å²) in [6, 6.07) is 11.9. The van der Waals surface area contributed by atoms with Gasteiger partial charge in [0.2, 0.25) is 0 Å². The summed E-state index contributed by atoms with van der Waals surface area (Å²) in [7, 11) is 2.01. The predicted octanol–water partition coefficient (Wildman–Crippen LogP) is 2.84. The Kier molecular flexibility index (Phi) is 9.41. The van der Waals surface area contributed by atoms with E-state index in [4.69, 9.17) is 10.2 Å². The zero-order valence-corrected chi connectivity index (χ0v) is 14.8. The maximum absolute atomic E-state index is 12.0. The number of hydrogen-bond acceptors (Lipinski definition) is 4. The second-order valence-corrected chi connectivity index (χ2v) is 5.01. The standard InChI is InChI=1S/C16H21N3O2.2ClH/c1-12(19(2)14-6-4-3-5-7-14)10-18-16(20)13-8-15(9-17)21-11-13;;/h3-8,11-12H,9-10,17H2,1-2H3,(H,18,20);2*1H. The average Bonchev–Trinajstić information content (AvgIpc) is 3.01. The first-order valence-electron chi connectivity index (χ1n) is 6.95. The molecule has 1 unspecified atom stereocenters. The lowest BCUT2D eigenvalue weighted by molar-refractivity contribution is 0.0951. The van der Waals surface area contributed by atoms with Crippen LogP contribution in [0.4, 0.5) is 5.69 Å². The molecular formula is C16H23Cl2N3O2. The number of rotatable bonds is 6. The molecule has 7 heteroatoms. The summed E-state index contributed by atoms with van der Waals surface area (Å²) < 4.78 is 5.16. The second-order valence-electron chi connectivity index (χ2n) is 5.01. The Morgan fingerprint density at radius 2 is 1.96 bits per heavy atom. The Balaban J connectivity index is 0.00000242. The molecule has 0 saturated carbocycles. The minimum Gasteiger partial charge on any atom is -0.467 e. The molecule has 1 aromatic heterocycles. The van der Waals surface area contributed by atoms with Gasteiger partial charge in [-0.3, -0.25) is 4.79 Å². The SMILES string of the molecule is CC(CNC(=O)c1coc(CN)c1)N(C)c1ccccc1.Cl.Cl. The quantitative estimate of drug-likeness (QED) is 0.831. The molecule has 0 bridgehead atoms. The molecule has 0 saturated heterocycles. The zero-order chi connectivity index (χ0) is 15.2. The Morgan fingerprint density at radius 1 is 1.30 bits per heavy atom. The maximum atomic E-state index is 12.0. The van der Waals surface area contributed by atoms with Crippen LogP contribution in [0.5, 0.6) is 0 Å². The van der Waals surface area contributed by atoms with Crippen LogP contribution in [-0.4, -0.2) is 25.5 Å². The van der Waals surface area contributed by atoms with Crippen molar-refractivity contribution in [2.75, 3.05) is 18.5 Å². The summed E-state index contributed by atoms with van der Waals surface area (Å²) in [4.78, 5) is 14.1. The highest BCUT2D eigenvalue weighted by atomic mass is 35.5. The monoisotopic (exact) mass is 359 g/mol. The van der Waals surface area contributed by atoms with Crippen LogP contribution in [-0.2, 0) is 6.54 Å². The molecule has 2 rings (SSSR count). The van der Waals surface area contributed by atoms with Gasteiger partial charge in [0.1, 0.15) is 12.0 Å². The first kappa shape index (κ1) is 21.3. The summed E-state index contributed by atoms with van der Waals surface area (Å²) in [6.07, 6.45) is 1.43. The topological polar surface area (TPSA) is 71.5 Å². The van der Waals surface area contributed by atoms with Crippen molar-refractivity contribution in [3.05, 3.63) is 54.0 Å². The minimum absolute atomic E-state index is 0. The van der Waals surface area contributed by atoms with E-state index in [1.54, 1.807) is 6.07 Å². The van der Waals surface area contributed by atoms with Gasteiger partial charge in [-0.25, -0.2) is 0 Å². The smallest absolute Gasteiger partial charge is 0.254 e. The lowest BCUT2D eigenvalue weighted by atomic mass is 10.2. The Morgan fingerprint density at radius 3 is 2.52 bits per heavy atom. The molecule has 1 amide bonds. The van der Waals surface area contributed by atoms with Gasteiger partial charge in [0.15, 0.2) is 0 Å². The highest BCUT2D eigenvalue weighted by molar-refractivity contribution is 5.94. The third-order valence-corrected chi connectivity index (χ3v) is 3.50. The highest BCUT2D eigenvalue weighted by Crippen LogP contribution is 2.13. The van der Waals surface area contributed by atoms with Crippen molar-refractivity contribution in [2.24, 2.45) is 5.73 Å². The van der Waals surface area contributed by atoms with Crippen LogP contribution in [0.15, 0.2) is 47.1 Å². The maximum Gasteiger partial charge on any atom is 0.254 e. The van der Waals surface area contributed by atoms with E-state index in [-0.39, 0.29) is 36.8 Å². The fourth-order valence-electron chi connectivity index (χ4n) is 2.00. The van der Waals surface area contributed by atoms with Gasteiger partial charge in [-0.15, -0.1) is 24.8 Å². The zero-order valence-electron chi connectivity index (χ0n) is 13.2. The molecule has 1 heterocycles. The van der Waals surface area contributed by atoms with E-state index in [9.17, 15) is 4.79 Å². The third-order valence-electron chi connectivity index (χ3n) is 3.50. The van der Waals surface area contributed by atoms with Gasteiger partial charge < -0.3 is 20.4 Å². The first-order chi connectivity index (χ1) is 10.1. The number of hydrogen-bond donors (Lipinski definition) is 2. The van der Waals surface area contributed by atoms with E-state index < -0.39 is 0 Å². The van der Waals surface area contributed by atoms with Crippen LogP contribution in [0.1, 0.15) is 23.0 Å². The molecular weight excluding hydrogens is 337 g/mol. The van der Waals surface area contributed by atoms with Crippen molar-refractivity contribution in [3.8, 4) is 0 Å². The number of likely N-dealkylation sites (N-methyl/N-ethyl adjacent to an activating group) is 1. The van der Waals surface area contributed by atoms with Crippen molar-refractivity contribution in [2.45, 2.75) is 19.5 Å². The number of nitrogens with zero attached hydrogens (tertiary/aromatic N) is 1. The molecule has 23 heavy (non-hydrogen) atoms. The lowest BCUT2D eigenvalue weighted by Crippen LogP contribution is -2.40. The van der Waals surface area contributed by atoms with Crippen LogP contribution in [0.2, 0.25) is 0 Å². The van der Waals surface area contributed by atoms with Gasteiger partial charge in [-0.1, -0.05) is 18.2 Å². The van der Waals surface area contributed by atoms with Crippen molar-refractivity contribution in [1.29, 1.82) is 0 Å². The molecule has 2 aromatic rings. The molecule has 0 aliphatic rings. The van der Waals surface area contributed by atoms with E-state index in [0.29, 0.717) is 24.4 Å². The number of carbonyl (C=O) groups excluding carboxylic acids is 1. The summed E-state index contributed by atoms with van der Waals surface area (Å²) in [5.41, 5.74) is 7.08. The lowest BCUT2D eigenvalue weighted by Gasteiger charge is -2.27. The number of anilines is 1. The number of carbonyl (C=O) groups is 1. The van der Waals surface area contributed by atoms with Crippen molar-refractivity contribution < 1.29 is 9.21 Å². The molecule has 5 nitrogen and oxygen atoms in total. The normalized spacial score (nSPS) is 10.9. The van der Waals surface area contributed by atoms with Gasteiger partial charge >= 0.3 is 0 Å². The van der Waals surface area contributed by atoms with Gasteiger partial charge in [0.05, 0.1) is 12.1 Å². The number of nitrogens with one attached hydrogen (secondary N) is 1. The molecule has 3 N–H and O–H groups in total. The average molecular weight is 360 g/mol. The summed E-state index contributed by atoms with van der Waals surface area (Å²) in [5, 5.41) is 2.91. The van der Waals surface area contributed by atoms with Crippen LogP contribution in [0.25, 0.3) is 0 Å². The fraction of sp³-hybridized carbons (Fsp3) is 0.312. The first-order valence-corrected chi connectivity index (χ1v) is 6.95. The van der Waals surface area contributed by atoms with E-state index in [1.165, 1.54) is 6.26 Å². The fourth-order valence-corrected chi connectivity index (χ4v) is 2.00. The number of para-hydroxylation sites is 1. The Labute approximate surface area is 149 Å². The number of nitrogens with two attached hydrogens (primary N) is 1. The van der Waals surface area contributed by atoms with E-state index >= 15 is 0 Å². The van der Waals surface area contributed by atoms with Crippen molar-refractivity contribution in [1.82, 2.24) is 5.32 Å². The van der Waals surface area contributed by atoms with Gasteiger partial charge in [-0.05, 0) is 25.1 Å². The van der Waals surface area contributed by atoms with E-state index in [2.05, 4.69) is 17.1 Å². The molecule has 128 valence electrons. The molecule has 0 radical (unpaired) electrons. The number of benzene rings is 1. The van der Waals surface area contributed by atoms with Crippen LogP contribution in [0.3, 0.4) is 0 Å². The van der Waals surface area contributed by atoms with Crippen LogP contribution >= 0.6 is 24.8 Å². The Hall–Kier alpha value is -1.69. The number of amides is 1. The predicted molar refractivity (Wildman–Crippen MR) is 97.7 cm³/mol. The van der Waals surface area contributed by atoms with Gasteiger partial charge in [0.25, 0.3) is 5.91 Å². The second kappa shape index (κ2) is 10.2. The van der Waals surface area contributed by atoms with Crippen molar-refractivity contribution in [3.63, 3.8) is 0 Å². The van der Waals surface area contributed by atoms with Crippen molar-refractivity contribution >= 4 is 36.4 Å². The van der Waals surface area contributed by atoms with E-state index in [1.807, 2.05) is 37.4 Å². The number of furan rings is 1. The minimum atomic E-state index is -0.147. The molecule has 1 atom stereocenters. The van der Waals surface area contributed by atoms with Crippen LogP contribution in [0, 0.1) is 0 Å². The largest absolute Gasteiger partial charge is 0.467 e. The highest BCUT2D eigenvalue weighted by Gasteiger charge is 2.13. The van der Waals surface area contributed by atoms with E-state index in [0.717, 1.165) is 5.69 Å². The van der Waals surface area contributed by atoms with Gasteiger partial charge in [-0.2, -0.15) is 0 Å². The Bertz CT molecular complexity index is 590. The van der Waals surface area contributed by atoms with Gasteiger partial charge in [0, 0.05) is 25.3 Å².